The molecule has 188 valence electrons. The number of aryl methyl sites for hydroxylation is 2. The Morgan fingerprint density at radius 3 is 2.70 bits per heavy atom. The maximum absolute atomic E-state index is 13.2. The van der Waals surface area contributed by atoms with Crippen molar-refractivity contribution >= 4 is 34.0 Å². The molecule has 1 aliphatic rings. The van der Waals surface area contributed by atoms with Crippen molar-refractivity contribution in [1.29, 1.82) is 0 Å². The molecule has 1 fully saturated rings. The lowest BCUT2D eigenvalue weighted by Crippen LogP contribution is -2.37. The summed E-state index contributed by atoms with van der Waals surface area (Å²) in [5.41, 5.74) is 5.69. The number of amides is 1. The molecule has 4 heterocycles. The number of para-hydroxylation sites is 1. The second-order valence-electron chi connectivity index (χ2n) is 9.11. The normalized spacial score (nSPS) is 13.9. The number of nitrogens with one attached hydrogen (secondary N) is 1. The van der Waals surface area contributed by atoms with Crippen LogP contribution in [0.15, 0.2) is 60.9 Å². The van der Waals surface area contributed by atoms with Gasteiger partial charge in [-0.25, -0.2) is 4.98 Å². The van der Waals surface area contributed by atoms with Gasteiger partial charge in [0.15, 0.2) is 0 Å². The largest absolute Gasteiger partial charge is 0.495 e. The molecule has 1 aliphatic heterocycles. The highest BCUT2D eigenvalue weighted by atomic mass is 16.5. The topological polar surface area (TPSA) is 85.9 Å². The summed E-state index contributed by atoms with van der Waals surface area (Å²) in [5.74, 6) is 1.22. The lowest BCUT2D eigenvalue weighted by Gasteiger charge is -2.27. The van der Waals surface area contributed by atoms with Gasteiger partial charge in [0.1, 0.15) is 17.1 Å². The van der Waals surface area contributed by atoms with E-state index in [0.29, 0.717) is 30.3 Å². The molecule has 2 aromatic carbocycles. The SMILES string of the molecule is COc1cc(-c2nc(N3CCOCC3)n3ccnc(C)c23)ccc1NC(=O)c1cc2ccccc2n1C. The van der Waals surface area contributed by atoms with Crippen LogP contribution in [0.25, 0.3) is 27.7 Å². The number of ether oxygens (including phenoxy) is 2. The first kappa shape index (κ1) is 23.1. The van der Waals surface area contributed by atoms with Gasteiger partial charge in [-0.05, 0) is 31.2 Å². The van der Waals surface area contributed by atoms with Gasteiger partial charge in [-0.1, -0.05) is 24.3 Å². The molecule has 6 rings (SSSR count). The molecule has 3 aromatic heterocycles. The zero-order chi connectivity index (χ0) is 25.5. The maximum Gasteiger partial charge on any atom is 0.272 e. The van der Waals surface area contributed by atoms with E-state index in [4.69, 9.17) is 14.5 Å². The Bertz CT molecular complexity index is 1630. The third kappa shape index (κ3) is 3.97. The average Bonchev–Trinajstić information content (AvgIpc) is 3.49. The molecule has 0 radical (unpaired) electrons. The lowest BCUT2D eigenvalue weighted by atomic mass is 10.1. The van der Waals surface area contributed by atoms with Crippen molar-refractivity contribution < 1.29 is 14.3 Å². The predicted octanol–water partition coefficient (Wildman–Crippen LogP) is 4.29. The zero-order valence-electron chi connectivity index (χ0n) is 21.1. The smallest absolute Gasteiger partial charge is 0.272 e. The van der Waals surface area contributed by atoms with Crippen molar-refractivity contribution in [2.24, 2.45) is 7.05 Å². The first-order chi connectivity index (χ1) is 18.0. The Hall–Kier alpha value is -4.37. The van der Waals surface area contributed by atoms with E-state index < -0.39 is 0 Å². The van der Waals surface area contributed by atoms with Crippen LogP contribution in [-0.2, 0) is 11.8 Å². The molecule has 1 N–H and O–H groups in total. The number of anilines is 2. The molecule has 0 bridgehead atoms. The van der Waals surface area contributed by atoms with Crippen LogP contribution in [0, 0.1) is 6.92 Å². The number of rotatable bonds is 5. The highest BCUT2D eigenvalue weighted by Crippen LogP contribution is 2.35. The fraction of sp³-hybridized carbons (Fsp3) is 0.250. The van der Waals surface area contributed by atoms with Crippen molar-refractivity contribution in [3.05, 3.63) is 72.3 Å². The third-order valence-corrected chi connectivity index (χ3v) is 6.92. The number of imidazole rings is 1. The van der Waals surface area contributed by atoms with Gasteiger partial charge in [-0.3, -0.25) is 14.2 Å². The predicted molar refractivity (Wildman–Crippen MR) is 144 cm³/mol. The Balaban J connectivity index is 1.37. The summed E-state index contributed by atoms with van der Waals surface area (Å²) in [5, 5.41) is 4.04. The highest BCUT2D eigenvalue weighted by Gasteiger charge is 2.22. The van der Waals surface area contributed by atoms with Crippen LogP contribution in [0.2, 0.25) is 0 Å². The third-order valence-electron chi connectivity index (χ3n) is 6.92. The van der Waals surface area contributed by atoms with E-state index in [9.17, 15) is 4.79 Å². The molecular formula is C28H28N6O3. The van der Waals surface area contributed by atoms with Gasteiger partial charge in [0, 0.05) is 49.0 Å². The average molecular weight is 497 g/mol. The fourth-order valence-corrected chi connectivity index (χ4v) is 5.00. The summed E-state index contributed by atoms with van der Waals surface area (Å²) in [6.45, 7) is 4.89. The molecule has 0 spiro atoms. The molecule has 9 nitrogen and oxygen atoms in total. The quantitative estimate of drug-likeness (QED) is 0.391. The number of hydrogen-bond donors (Lipinski definition) is 1. The molecule has 0 saturated carbocycles. The van der Waals surface area contributed by atoms with Gasteiger partial charge in [-0.15, -0.1) is 0 Å². The molecule has 9 heteroatoms. The first-order valence-corrected chi connectivity index (χ1v) is 12.3. The molecule has 0 aliphatic carbocycles. The van der Waals surface area contributed by atoms with Gasteiger partial charge in [0.05, 0.1) is 37.2 Å². The highest BCUT2D eigenvalue weighted by molar-refractivity contribution is 6.07. The van der Waals surface area contributed by atoms with E-state index in [-0.39, 0.29) is 5.91 Å². The standard InChI is InChI=1S/C28H28N6O3/c1-18-26-25(31-28(34(26)11-10-29-18)33-12-14-37-15-13-33)20-8-9-21(24(17-20)36-3)30-27(35)23-16-19-6-4-5-7-22(19)32(23)2/h4-11,16-17H,12-15H2,1-3H3,(H,30,35). The van der Waals surface area contributed by atoms with Crippen LogP contribution in [-0.4, -0.2) is 58.3 Å². The van der Waals surface area contributed by atoms with Crippen LogP contribution in [0.4, 0.5) is 11.6 Å². The summed E-state index contributed by atoms with van der Waals surface area (Å²) in [6.07, 6.45) is 3.74. The minimum absolute atomic E-state index is 0.202. The number of benzene rings is 2. The zero-order valence-corrected chi connectivity index (χ0v) is 21.1. The molecule has 5 aromatic rings. The van der Waals surface area contributed by atoms with Gasteiger partial charge >= 0.3 is 0 Å². The van der Waals surface area contributed by atoms with E-state index in [1.54, 1.807) is 13.3 Å². The van der Waals surface area contributed by atoms with E-state index >= 15 is 0 Å². The summed E-state index contributed by atoms with van der Waals surface area (Å²) in [7, 11) is 3.49. The monoisotopic (exact) mass is 496 g/mol. The maximum atomic E-state index is 13.2. The van der Waals surface area contributed by atoms with Crippen molar-refractivity contribution in [1.82, 2.24) is 18.9 Å². The Labute approximate surface area is 214 Å². The number of fused-ring (bicyclic) bond motifs is 2. The van der Waals surface area contributed by atoms with Gasteiger partial charge in [0.2, 0.25) is 5.95 Å². The first-order valence-electron chi connectivity index (χ1n) is 12.3. The van der Waals surface area contributed by atoms with Crippen molar-refractivity contribution in [3.63, 3.8) is 0 Å². The minimum atomic E-state index is -0.202. The second-order valence-corrected chi connectivity index (χ2v) is 9.11. The molecule has 0 atom stereocenters. The van der Waals surface area contributed by atoms with Crippen LogP contribution in [0.3, 0.4) is 0 Å². The molecule has 0 unspecified atom stereocenters. The van der Waals surface area contributed by atoms with E-state index in [1.807, 2.05) is 73.3 Å². The van der Waals surface area contributed by atoms with Crippen molar-refractivity contribution in [3.8, 4) is 17.0 Å². The fourth-order valence-electron chi connectivity index (χ4n) is 5.00. The minimum Gasteiger partial charge on any atom is -0.495 e. The van der Waals surface area contributed by atoms with Crippen LogP contribution in [0.1, 0.15) is 16.2 Å². The number of carbonyl (C=O) groups is 1. The molecule has 37 heavy (non-hydrogen) atoms. The second kappa shape index (κ2) is 9.25. The summed E-state index contributed by atoms with van der Waals surface area (Å²) in [6, 6.07) is 15.6. The lowest BCUT2D eigenvalue weighted by molar-refractivity contribution is 0.101. The van der Waals surface area contributed by atoms with E-state index in [2.05, 4.69) is 19.6 Å². The van der Waals surface area contributed by atoms with Crippen molar-refractivity contribution in [2.75, 3.05) is 43.6 Å². The summed E-state index contributed by atoms with van der Waals surface area (Å²) in [4.78, 5) is 25.0. The molecule has 1 amide bonds. The van der Waals surface area contributed by atoms with Gasteiger partial charge in [-0.2, -0.15) is 0 Å². The number of carbonyl (C=O) groups excluding carboxylic acids is 1. The van der Waals surface area contributed by atoms with Crippen LogP contribution < -0.4 is 15.0 Å². The number of hydrogen-bond acceptors (Lipinski definition) is 6. The van der Waals surface area contributed by atoms with Crippen LogP contribution in [0.5, 0.6) is 5.75 Å². The van der Waals surface area contributed by atoms with Gasteiger partial charge < -0.3 is 24.3 Å². The molecular weight excluding hydrogens is 468 g/mol. The number of aromatic nitrogens is 4. The van der Waals surface area contributed by atoms with Crippen LogP contribution >= 0.6 is 0 Å². The number of morpholine rings is 1. The van der Waals surface area contributed by atoms with Gasteiger partial charge in [0.25, 0.3) is 5.91 Å². The summed E-state index contributed by atoms with van der Waals surface area (Å²) >= 11 is 0. The van der Waals surface area contributed by atoms with Crippen molar-refractivity contribution in [2.45, 2.75) is 6.92 Å². The Kier molecular flexibility index (Phi) is 5.77. The number of nitrogens with zero attached hydrogens (tertiary/aromatic N) is 5. The summed E-state index contributed by atoms with van der Waals surface area (Å²) < 4.78 is 15.2. The van der Waals surface area contributed by atoms with E-state index in [1.165, 1.54) is 0 Å². The Morgan fingerprint density at radius 1 is 1.11 bits per heavy atom. The Morgan fingerprint density at radius 2 is 1.92 bits per heavy atom. The number of methoxy groups -OCH3 is 1. The van der Waals surface area contributed by atoms with E-state index in [0.717, 1.165) is 52.4 Å². The molecule has 1 saturated heterocycles.